The smallest absolute Gasteiger partial charge is 0.358 e. The zero-order valence-electron chi connectivity index (χ0n) is 16.9. The van der Waals surface area contributed by atoms with E-state index in [1.54, 1.807) is 35.2 Å². The van der Waals surface area contributed by atoms with Crippen LogP contribution in [0.1, 0.15) is 39.3 Å². The Morgan fingerprint density at radius 2 is 1.87 bits per heavy atom. The Morgan fingerprint density at radius 1 is 1.10 bits per heavy atom. The Kier molecular flexibility index (Phi) is 4.80. The molecule has 31 heavy (non-hydrogen) atoms. The number of benzene rings is 1. The van der Waals surface area contributed by atoms with Gasteiger partial charge in [0.15, 0.2) is 11.5 Å². The van der Waals surface area contributed by atoms with E-state index in [2.05, 4.69) is 10.2 Å². The first kappa shape index (κ1) is 19.5. The highest BCUT2D eigenvalue weighted by molar-refractivity contribution is 5.98. The van der Waals surface area contributed by atoms with Crippen molar-refractivity contribution >= 4 is 23.6 Å². The molecule has 2 aromatic rings. The van der Waals surface area contributed by atoms with Gasteiger partial charge in [0.1, 0.15) is 6.04 Å². The molecule has 9 heteroatoms. The Hall–Kier alpha value is -3.49. The third-order valence-electron chi connectivity index (χ3n) is 6.16. The van der Waals surface area contributed by atoms with Crippen molar-refractivity contribution in [3.63, 3.8) is 0 Å². The van der Waals surface area contributed by atoms with Gasteiger partial charge in [0.25, 0.3) is 5.91 Å². The fraction of sp³-hybridized carbons (Fsp3) is 0.409. The van der Waals surface area contributed by atoms with Crippen LogP contribution in [0.2, 0.25) is 0 Å². The van der Waals surface area contributed by atoms with Crippen molar-refractivity contribution in [2.75, 3.05) is 24.6 Å². The first-order valence-corrected chi connectivity index (χ1v) is 10.5. The summed E-state index contributed by atoms with van der Waals surface area (Å²) in [5.41, 5.74) is 7.22. The molecule has 1 aromatic heterocycles. The molecule has 5 rings (SSSR count). The van der Waals surface area contributed by atoms with Gasteiger partial charge in [0.05, 0.1) is 12.6 Å². The van der Waals surface area contributed by atoms with Crippen molar-refractivity contribution < 1.29 is 19.1 Å². The molecule has 1 aliphatic carbocycles. The molecule has 2 unspecified atom stereocenters. The summed E-state index contributed by atoms with van der Waals surface area (Å²) in [5, 5.41) is 8.30. The number of aromatic nitrogens is 2. The number of nitrogens with two attached hydrogens (primary N) is 1. The van der Waals surface area contributed by atoms with Crippen molar-refractivity contribution in [1.82, 2.24) is 15.1 Å². The molecule has 0 bridgehead atoms. The van der Waals surface area contributed by atoms with Gasteiger partial charge in [-0.05, 0) is 43.4 Å². The van der Waals surface area contributed by atoms with Crippen LogP contribution < -0.4 is 10.6 Å². The van der Waals surface area contributed by atoms with Crippen LogP contribution in [-0.2, 0) is 16.0 Å². The fourth-order valence-electron chi connectivity index (χ4n) is 4.39. The zero-order chi connectivity index (χ0) is 21.5. The summed E-state index contributed by atoms with van der Waals surface area (Å²) in [7, 11) is 0. The van der Waals surface area contributed by atoms with Gasteiger partial charge >= 0.3 is 5.97 Å². The number of rotatable bonds is 5. The standard InChI is InChI=1S/C22H23N5O4/c23-19(28)18-17-11-15-10-16(22(30)31-12-13-6-7-13)24-25-20(15)26(17)8-9-27(18)21(29)14-4-2-1-3-5-14/h1-5,10,13,17-18H,6-9,11-12H2,(H2,23,28). The lowest BCUT2D eigenvalue weighted by Crippen LogP contribution is -2.64. The van der Waals surface area contributed by atoms with Gasteiger partial charge in [-0.3, -0.25) is 9.59 Å². The van der Waals surface area contributed by atoms with Crippen molar-refractivity contribution in [2.45, 2.75) is 31.3 Å². The molecule has 1 aromatic carbocycles. The molecule has 2 atom stereocenters. The summed E-state index contributed by atoms with van der Waals surface area (Å²) in [6, 6.07) is 9.38. The molecule has 2 amide bonds. The van der Waals surface area contributed by atoms with Crippen molar-refractivity contribution in [3.05, 3.63) is 53.2 Å². The van der Waals surface area contributed by atoms with E-state index in [0.717, 1.165) is 18.4 Å². The summed E-state index contributed by atoms with van der Waals surface area (Å²) in [6.45, 7) is 1.25. The predicted molar refractivity (Wildman–Crippen MR) is 110 cm³/mol. The predicted octanol–water partition coefficient (Wildman–Crippen LogP) is 0.784. The summed E-state index contributed by atoms with van der Waals surface area (Å²) in [5.74, 6) is -0.190. The number of nitrogens with zero attached hydrogens (tertiary/aromatic N) is 4. The number of piperazine rings is 1. The molecule has 2 aliphatic heterocycles. The minimum absolute atomic E-state index is 0.159. The number of ether oxygens (including phenoxy) is 1. The summed E-state index contributed by atoms with van der Waals surface area (Å²) in [4.78, 5) is 41.3. The normalized spacial score (nSPS) is 21.9. The molecule has 160 valence electrons. The average Bonchev–Trinajstić information content (AvgIpc) is 3.55. The fourth-order valence-corrected chi connectivity index (χ4v) is 4.39. The number of hydrogen-bond donors (Lipinski definition) is 1. The SMILES string of the molecule is NC(=O)C1C2Cc3cc(C(=O)OCC4CC4)nnc3N2CCN1C(=O)c1ccccc1. The van der Waals surface area contributed by atoms with E-state index in [4.69, 9.17) is 10.5 Å². The monoisotopic (exact) mass is 421 g/mol. The van der Waals surface area contributed by atoms with Crippen molar-refractivity contribution in [2.24, 2.45) is 11.7 Å². The van der Waals surface area contributed by atoms with Crippen LogP contribution in [-0.4, -0.2) is 64.7 Å². The molecule has 2 fully saturated rings. The highest BCUT2D eigenvalue weighted by Crippen LogP contribution is 2.36. The number of carbonyl (C=O) groups excluding carboxylic acids is 3. The Labute approximate surface area is 179 Å². The van der Waals surface area contributed by atoms with E-state index >= 15 is 0 Å². The van der Waals surface area contributed by atoms with Crippen LogP contribution in [0, 0.1) is 5.92 Å². The first-order valence-electron chi connectivity index (χ1n) is 10.5. The number of primary amides is 1. The molecule has 3 aliphatic rings. The number of esters is 1. The van der Waals surface area contributed by atoms with E-state index in [1.807, 2.05) is 11.0 Å². The summed E-state index contributed by atoms with van der Waals surface area (Å²) in [6.07, 6.45) is 2.62. The molecule has 2 N–H and O–H groups in total. The number of amides is 2. The topological polar surface area (TPSA) is 119 Å². The third-order valence-corrected chi connectivity index (χ3v) is 6.16. The largest absolute Gasteiger partial charge is 0.461 e. The van der Waals surface area contributed by atoms with E-state index in [-0.39, 0.29) is 17.6 Å². The molecule has 1 saturated carbocycles. The molecular weight excluding hydrogens is 398 g/mol. The molecule has 3 heterocycles. The maximum atomic E-state index is 13.1. The molecule has 9 nitrogen and oxygen atoms in total. The van der Waals surface area contributed by atoms with Gasteiger partial charge in [-0.15, -0.1) is 10.2 Å². The van der Waals surface area contributed by atoms with Gasteiger partial charge in [-0.1, -0.05) is 18.2 Å². The van der Waals surface area contributed by atoms with Gasteiger partial charge in [0.2, 0.25) is 5.91 Å². The van der Waals surface area contributed by atoms with Gasteiger partial charge in [0, 0.05) is 24.2 Å². The lowest BCUT2D eigenvalue weighted by atomic mass is 9.97. The molecule has 1 saturated heterocycles. The first-order chi connectivity index (χ1) is 15.0. The van der Waals surface area contributed by atoms with Crippen molar-refractivity contribution in [3.8, 4) is 0 Å². The van der Waals surface area contributed by atoms with Crippen LogP contribution in [0.5, 0.6) is 0 Å². The van der Waals surface area contributed by atoms with Crippen LogP contribution in [0.4, 0.5) is 5.82 Å². The lowest BCUT2D eigenvalue weighted by molar-refractivity contribution is -0.123. The maximum Gasteiger partial charge on any atom is 0.358 e. The van der Waals surface area contributed by atoms with Gasteiger partial charge in [-0.2, -0.15) is 0 Å². The van der Waals surface area contributed by atoms with Crippen LogP contribution >= 0.6 is 0 Å². The number of anilines is 1. The van der Waals surface area contributed by atoms with Crippen molar-refractivity contribution in [1.29, 1.82) is 0 Å². The second-order valence-electron chi connectivity index (χ2n) is 8.30. The number of hydrogen-bond acceptors (Lipinski definition) is 7. The molecule has 0 radical (unpaired) electrons. The minimum atomic E-state index is -0.805. The second-order valence-corrected chi connectivity index (χ2v) is 8.30. The Morgan fingerprint density at radius 3 is 2.58 bits per heavy atom. The molecule has 0 spiro atoms. The quantitative estimate of drug-likeness (QED) is 0.709. The highest BCUT2D eigenvalue weighted by Gasteiger charge is 2.47. The van der Waals surface area contributed by atoms with Crippen LogP contribution in [0.15, 0.2) is 36.4 Å². The third kappa shape index (κ3) is 3.60. The number of fused-ring (bicyclic) bond motifs is 3. The zero-order valence-corrected chi connectivity index (χ0v) is 16.9. The van der Waals surface area contributed by atoms with Gasteiger partial charge in [-0.25, -0.2) is 4.79 Å². The maximum absolute atomic E-state index is 13.1. The van der Waals surface area contributed by atoms with E-state index < -0.39 is 17.9 Å². The van der Waals surface area contributed by atoms with E-state index in [0.29, 0.717) is 43.4 Å². The van der Waals surface area contributed by atoms with E-state index in [9.17, 15) is 14.4 Å². The summed E-state index contributed by atoms with van der Waals surface area (Å²) >= 11 is 0. The minimum Gasteiger partial charge on any atom is -0.461 e. The Bertz CT molecular complexity index is 1040. The average molecular weight is 421 g/mol. The van der Waals surface area contributed by atoms with Gasteiger partial charge < -0.3 is 20.3 Å². The van der Waals surface area contributed by atoms with Crippen LogP contribution in [0.25, 0.3) is 0 Å². The van der Waals surface area contributed by atoms with Crippen LogP contribution in [0.3, 0.4) is 0 Å². The molecular formula is C22H23N5O4. The highest BCUT2D eigenvalue weighted by atomic mass is 16.5. The summed E-state index contributed by atoms with van der Waals surface area (Å²) < 4.78 is 5.31. The van der Waals surface area contributed by atoms with E-state index in [1.165, 1.54) is 0 Å². The lowest BCUT2D eigenvalue weighted by Gasteiger charge is -2.43. The number of carbonyl (C=O) groups is 3. The Balaban J connectivity index is 1.38. The second kappa shape index (κ2) is 7.64.